The van der Waals surface area contributed by atoms with Crippen molar-refractivity contribution in [2.75, 3.05) is 0 Å². The summed E-state index contributed by atoms with van der Waals surface area (Å²) in [5.74, 6) is 0. The highest BCUT2D eigenvalue weighted by Gasteiger charge is 2.19. The van der Waals surface area contributed by atoms with Crippen LogP contribution < -0.4 is 0 Å². The second kappa shape index (κ2) is 6.69. The molecule has 0 amide bonds. The lowest BCUT2D eigenvalue weighted by atomic mass is 9.78. The maximum absolute atomic E-state index is 2.38. The quantitative estimate of drug-likeness (QED) is 0.482. The van der Waals surface area contributed by atoms with Crippen molar-refractivity contribution in [3.8, 4) is 0 Å². The molecule has 0 bridgehead atoms. The van der Waals surface area contributed by atoms with Gasteiger partial charge in [0.25, 0.3) is 0 Å². The van der Waals surface area contributed by atoms with E-state index in [0.717, 1.165) is 0 Å². The lowest BCUT2D eigenvalue weighted by Gasteiger charge is -2.28. The highest BCUT2D eigenvalue weighted by molar-refractivity contribution is 4.72. The van der Waals surface area contributed by atoms with Crippen LogP contribution in [0.15, 0.2) is 0 Å². The molecule has 0 atom stereocenters. The van der Waals surface area contributed by atoms with Gasteiger partial charge in [0, 0.05) is 0 Å². The summed E-state index contributed by atoms with van der Waals surface area (Å²) in [6.07, 6.45) is 7.31. The Balaban J connectivity index is 0. The van der Waals surface area contributed by atoms with Crippen molar-refractivity contribution in [2.45, 2.75) is 67.2 Å². The molecule has 0 saturated heterocycles. The zero-order valence-electron chi connectivity index (χ0n) is 8.04. The topological polar surface area (TPSA) is 0 Å². The molecule has 1 rings (SSSR count). The molecular formula is C11H26. The average Bonchev–Trinajstić information content (AvgIpc) is 1.92. The van der Waals surface area contributed by atoms with Crippen molar-refractivity contribution >= 4 is 0 Å². The fourth-order valence-corrected chi connectivity index (χ4v) is 1.51. The minimum absolute atomic E-state index is 0. The van der Waals surface area contributed by atoms with Crippen LogP contribution in [0.25, 0.3) is 0 Å². The summed E-state index contributed by atoms with van der Waals surface area (Å²) in [5, 5.41) is 0. The normalized spacial score (nSPS) is 20.7. The highest BCUT2D eigenvalue weighted by atomic mass is 14.3. The van der Waals surface area contributed by atoms with Gasteiger partial charge in [0.1, 0.15) is 0 Å². The van der Waals surface area contributed by atoms with Gasteiger partial charge in [0.15, 0.2) is 0 Å². The lowest BCUT2D eigenvalue weighted by Crippen LogP contribution is -2.14. The molecule has 1 aliphatic rings. The van der Waals surface area contributed by atoms with Gasteiger partial charge in [-0.1, -0.05) is 54.4 Å². The zero-order valence-corrected chi connectivity index (χ0v) is 8.04. The van der Waals surface area contributed by atoms with E-state index in [1.807, 2.05) is 13.8 Å². The van der Waals surface area contributed by atoms with Crippen LogP contribution in [-0.2, 0) is 0 Å². The van der Waals surface area contributed by atoms with Crippen LogP contribution in [0.4, 0.5) is 0 Å². The largest absolute Gasteiger partial charge is 0.0776 e. The van der Waals surface area contributed by atoms with Gasteiger partial charge in [-0.2, -0.15) is 0 Å². The SMILES string of the molecule is C.CC.CC1(C)CCCCC1. The Bertz CT molecular complexity index is 64.1. The van der Waals surface area contributed by atoms with Gasteiger partial charge >= 0.3 is 0 Å². The molecule has 1 saturated carbocycles. The van der Waals surface area contributed by atoms with Gasteiger partial charge in [-0.3, -0.25) is 0 Å². The summed E-state index contributed by atoms with van der Waals surface area (Å²) in [7, 11) is 0. The van der Waals surface area contributed by atoms with Crippen molar-refractivity contribution in [3.63, 3.8) is 0 Å². The fourth-order valence-electron chi connectivity index (χ4n) is 1.51. The van der Waals surface area contributed by atoms with Gasteiger partial charge in [-0.05, 0) is 18.3 Å². The molecule has 1 fully saturated rings. The van der Waals surface area contributed by atoms with Crippen molar-refractivity contribution < 1.29 is 0 Å². The first kappa shape index (κ1) is 13.6. The maximum atomic E-state index is 2.38. The van der Waals surface area contributed by atoms with Crippen LogP contribution in [0.5, 0.6) is 0 Å². The van der Waals surface area contributed by atoms with E-state index in [0.29, 0.717) is 5.41 Å². The van der Waals surface area contributed by atoms with E-state index in [4.69, 9.17) is 0 Å². The van der Waals surface area contributed by atoms with E-state index < -0.39 is 0 Å². The van der Waals surface area contributed by atoms with Crippen LogP contribution in [0, 0.1) is 5.41 Å². The molecule has 0 heterocycles. The summed E-state index contributed by atoms with van der Waals surface area (Å²) in [6.45, 7) is 8.76. The Labute approximate surface area is 73.4 Å². The zero-order chi connectivity index (χ0) is 8.04. The summed E-state index contributed by atoms with van der Waals surface area (Å²) in [5.41, 5.74) is 0.679. The van der Waals surface area contributed by atoms with Crippen molar-refractivity contribution in [1.82, 2.24) is 0 Å². The molecular weight excluding hydrogens is 132 g/mol. The summed E-state index contributed by atoms with van der Waals surface area (Å²) in [6, 6.07) is 0. The Morgan fingerprint density at radius 3 is 1.36 bits per heavy atom. The maximum Gasteiger partial charge on any atom is -0.0354 e. The Morgan fingerprint density at radius 2 is 1.18 bits per heavy atom. The minimum atomic E-state index is 0. The molecule has 0 aromatic carbocycles. The van der Waals surface area contributed by atoms with E-state index in [1.165, 1.54) is 32.1 Å². The smallest absolute Gasteiger partial charge is 0.0354 e. The predicted octanol–water partition coefficient (Wildman–Crippen LogP) is 4.64. The molecule has 0 heteroatoms. The van der Waals surface area contributed by atoms with E-state index in [-0.39, 0.29) is 7.43 Å². The molecule has 0 aromatic heterocycles. The molecule has 0 unspecified atom stereocenters. The fraction of sp³-hybridized carbons (Fsp3) is 1.00. The molecule has 0 N–H and O–H groups in total. The van der Waals surface area contributed by atoms with E-state index in [1.54, 1.807) is 0 Å². The second-order valence-corrected chi connectivity index (χ2v) is 3.72. The van der Waals surface area contributed by atoms with Crippen LogP contribution in [0.1, 0.15) is 67.2 Å². The third kappa shape index (κ3) is 6.40. The first-order chi connectivity index (χ1) is 4.71. The van der Waals surface area contributed by atoms with Gasteiger partial charge < -0.3 is 0 Å². The summed E-state index contributed by atoms with van der Waals surface area (Å²) < 4.78 is 0. The number of hydrogen-bond donors (Lipinski definition) is 0. The molecule has 0 aromatic rings. The van der Waals surface area contributed by atoms with Crippen LogP contribution >= 0.6 is 0 Å². The van der Waals surface area contributed by atoms with Crippen molar-refractivity contribution in [3.05, 3.63) is 0 Å². The molecule has 11 heavy (non-hydrogen) atoms. The molecule has 0 nitrogen and oxygen atoms in total. The summed E-state index contributed by atoms with van der Waals surface area (Å²) in [4.78, 5) is 0. The molecule has 70 valence electrons. The average molecular weight is 158 g/mol. The predicted molar refractivity (Wildman–Crippen MR) is 54.9 cm³/mol. The second-order valence-electron chi connectivity index (χ2n) is 3.72. The van der Waals surface area contributed by atoms with Gasteiger partial charge in [0.2, 0.25) is 0 Å². The van der Waals surface area contributed by atoms with E-state index in [2.05, 4.69) is 13.8 Å². The van der Waals surface area contributed by atoms with Gasteiger partial charge in [0.05, 0.1) is 0 Å². The van der Waals surface area contributed by atoms with Crippen LogP contribution in [0.2, 0.25) is 0 Å². The van der Waals surface area contributed by atoms with Gasteiger partial charge in [-0.15, -0.1) is 0 Å². The van der Waals surface area contributed by atoms with Crippen LogP contribution in [0.3, 0.4) is 0 Å². The Morgan fingerprint density at radius 1 is 0.818 bits per heavy atom. The first-order valence-electron chi connectivity index (χ1n) is 4.71. The summed E-state index contributed by atoms with van der Waals surface area (Å²) >= 11 is 0. The standard InChI is InChI=1S/C8H16.C2H6.CH4/c1-8(2)6-4-3-5-7-8;1-2;/h3-7H2,1-2H3;1-2H3;1H4. The minimum Gasteiger partial charge on any atom is -0.0776 e. The van der Waals surface area contributed by atoms with Crippen molar-refractivity contribution in [1.29, 1.82) is 0 Å². The molecule has 0 radical (unpaired) electrons. The van der Waals surface area contributed by atoms with Gasteiger partial charge in [-0.25, -0.2) is 0 Å². The number of hydrogen-bond acceptors (Lipinski definition) is 0. The first-order valence-corrected chi connectivity index (χ1v) is 4.71. The lowest BCUT2D eigenvalue weighted by molar-refractivity contribution is 0.244. The molecule has 1 aliphatic carbocycles. The third-order valence-electron chi connectivity index (χ3n) is 2.21. The van der Waals surface area contributed by atoms with E-state index >= 15 is 0 Å². The highest BCUT2D eigenvalue weighted by Crippen LogP contribution is 2.34. The third-order valence-corrected chi connectivity index (χ3v) is 2.21. The Kier molecular flexibility index (Phi) is 8.26. The van der Waals surface area contributed by atoms with Crippen molar-refractivity contribution in [2.24, 2.45) is 5.41 Å². The van der Waals surface area contributed by atoms with E-state index in [9.17, 15) is 0 Å². The number of rotatable bonds is 0. The van der Waals surface area contributed by atoms with Crippen LogP contribution in [-0.4, -0.2) is 0 Å². The molecule has 0 aliphatic heterocycles. The monoisotopic (exact) mass is 158 g/mol. The molecule has 0 spiro atoms. The Hall–Kier alpha value is 0.